The molecular formula is C18H21N3O2. The van der Waals surface area contributed by atoms with Crippen LogP contribution in [0.1, 0.15) is 45.3 Å². The molecule has 1 saturated carbocycles. The summed E-state index contributed by atoms with van der Waals surface area (Å²) in [5, 5.41) is 4.57. The van der Waals surface area contributed by atoms with Crippen LogP contribution >= 0.6 is 0 Å². The maximum atomic E-state index is 11.6. The van der Waals surface area contributed by atoms with Crippen molar-refractivity contribution in [3.05, 3.63) is 42.4 Å². The van der Waals surface area contributed by atoms with Gasteiger partial charge < -0.3 is 4.74 Å². The van der Waals surface area contributed by atoms with Crippen LogP contribution in [0.3, 0.4) is 0 Å². The van der Waals surface area contributed by atoms with E-state index in [1.54, 1.807) is 12.3 Å². The van der Waals surface area contributed by atoms with Crippen LogP contribution in [0.2, 0.25) is 0 Å². The van der Waals surface area contributed by atoms with E-state index in [9.17, 15) is 4.79 Å². The molecule has 0 unspecified atom stereocenters. The summed E-state index contributed by atoms with van der Waals surface area (Å²) >= 11 is 0. The number of carbonyl (C=O) groups is 1. The van der Waals surface area contributed by atoms with Gasteiger partial charge in [-0.05, 0) is 57.9 Å². The molecule has 0 aromatic carbocycles. The lowest BCUT2D eigenvalue weighted by atomic mass is 10.2. The first-order valence-corrected chi connectivity index (χ1v) is 7.83. The maximum Gasteiger partial charge on any atom is 0.331 e. The molecule has 0 radical (unpaired) electrons. The lowest BCUT2D eigenvalue weighted by Crippen LogP contribution is -2.22. The van der Waals surface area contributed by atoms with Crippen molar-refractivity contribution in [2.24, 2.45) is 0 Å². The number of rotatable bonds is 4. The molecule has 5 nitrogen and oxygen atoms in total. The highest BCUT2D eigenvalue weighted by molar-refractivity contribution is 5.87. The molecule has 0 atom stereocenters. The van der Waals surface area contributed by atoms with Crippen molar-refractivity contribution in [3.63, 3.8) is 0 Å². The standard InChI is InChI=1S/C18H21N3O2/c1-18(2,3)23-17(22)9-6-14-5-4-13(12-19-14)16-10-11-21(20-16)15-7-8-15/h4-6,9-12,15H,7-8H2,1-3H3/b9-6+. The Balaban J connectivity index is 1.65. The van der Waals surface area contributed by atoms with Gasteiger partial charge in [0.1, 0.15) is 5.60 Å². The van der Waals surface area contributed by atoms with Gasteiger partial charge in [0.15, 0.2) is 0 Å². The zero-order valence-corrected chi connectivity index (χ0v) is 13.7. The van der Waals surface area contributed by atoms with E-state index in [2.05, 4.69) is 10.1 Å². The van der Waals surface area contributed by atoms with Gasteiger partial charge in [-0.2, -0.15) is 5.10 Å². The smallest absolute Gasteiger partial charge is 0.331 e. The van der Waals surface area contributed by atoms with Crippen LogP contribution < -0.4 is 0 Å². The van der Waals surface area contributed by atoms with Crippen molar-refractivity contribution >= 4 is 12.0 Å². The molecule has 1 fully saturated rings. The van der Waals surface area contributed by atoms with Crippen LogP contribution in [0, 0.1) is 0 Å². The number of carbonyl (C=O) groups excluding carboxylic acids is 1. The summed E-state index contributed by atoms with van der Waals surface area (Å²) in [4.78, 5) is 16.0. The molecule has 1 aliphatic carbocycles. The number of ether oxygens (including phenoxy) is 1. The number of esters is 1. The van der Waals surface area contributed by atoms with E-state index in [1.807, 2.05) is 49.8 Å². The fraction of sp³-hybridized carbons (Fsp3) is 0.389. The summed E-state index contributed by atoms with van der Waals surface area (Å²) in [6.07, 6.45) is 9.27. The number of aromatic nitrogens is 3. The summed E-state index contributed by atoms with van der Waals surface area (Å²) < 4.78 is 7.24. The van der Waals surface area contributed by atoms with Crippen LogP contribution in [-0.4, -0.2) is 26.3 Å². The molecule has 2 aromatic heterocycles. The highest BCUT2D eigenvalue weighted by Gasteiger charge is 2.24. The van der Waals surface area contributed by atoms with Crippen molar-refractivity contribution in [1.82, 2.24) is 14.8 Å². The maximum absolute atomic E-state index is 11.6. The molecule has 0 saturated heterocycles. The van der Waals surface area contributed by atoms with E-state index in [4.69, 9.17) is 4.74 Å². The third-order valence-corrected chi connectivity index (χ3v) is 3.41. The van der Waals surface area contributed by atoms with Crippen molar-refractivity contribution in [1.29, 1.82) is 0 Å². The second-order valence-corrected chi connectivity index (χ2v) is 6.75. The molecule has 2 heterocycles. The molecule has 0 bridgehead atoms. The van der Waals surface area contributed by atoms with Crippen LogP contribution in [0.25, 0.3) is 17.3 Å². The highest BCUT2D eigenvalue weighted by Crippen LogP contribution is 2.34. The number of nitrogens with zero attached hydrogens (tertiary/aromatic N) is 3. The van der Waals surface area contributed by atoms with Gasteiger partial charge in [-0.1, -0.05) is 0 Å². The average molecular weight is 311 g/mol. The predicted octanol–water partition coefficient (Wildman–Crippen LogP) is 3.63. The highest BCUT2D eigenvalue weighted by atomic mass is 16.6. The molecule has 1 aliphatic rings. The van der Waals surface area contributed by atoms with Crippen molar-refractivity contribution < 1.29 is 9.53 Å². The quantitative estimate of drug-likeness (QED) is 0.639. The molecule has 0 aliphatic heterocycles. The summed E-state index contributed by atoms with van der Waals surface area (Å²) in [6, 6.07) is 6.41. The third kappa shape index (κ3) is 4.28. The lowest BCUT2D eigenvalue weighted by molar-refractivity contribution is -0.148. The molecule has 5 heteroatoms. The second kappa shape index (κ2) is 5.99. The SMILES string of the molecule is CC(C)(C)OC(=O)/C=C/c1ccc(-c2ccn(C3CC3)n2)cn1. The van der Waals surface area contributed by atoms with Crippen LogP contribution in [-0.2, 0) is 9.53 Å². The van der Waals surface area contributed by atoms with Crippen LogP contribution in [0.5, 0.6) is 0 Å². The largest absolute Gasteiger partial charge is 0.457 e. The first-order chi connectivity index (χ1) is 10.9. The minimum absolute atomic E-state index is 0.369. The van der Waals surface area contributed by atoms with Crippen molar-refractivity contribution in [2.45, 2.75) is 45.3 Å². The van der Waals surface area contributed by atoms with Crippen LogP contribution in [0.4, 0.5) is 0 Å². The number of hydrogen-bond acceptors (Lipinski definition) is 4. The van der Waals surface area contributed by atoms with Crippen molar-refractivity contribution in [3.8, 4) is 11.3 Å². The van der Waals surface area contributed by atoms with E-state index in [-0.39, 0.29) is 5.97 Å². The minimum atomic E-state index is -0.487. The van der Waals surface area contributed by atoms with Gasteiger partial charge in [-0.25, -0.2) is 4.79 Å². The summed E-state index contributed by atoms with van der Waals surface area (Å²) in [5.74, 6) is -0.369. The normalized spacial score (nSPS) is 15.1. The lowest BCUT2D eigenvalue weighted by Gasteiger charge is -2.17. The van der Waals surface area contributed by atoms with E-state index in [0.29, 0.717) is 11.7 Å². The molecule has 3 rings (SSSR count). The van der Waals surface area contributed by atoms with E-state index in [0.717, 1.165) is 11.3 Å². The molecule has 2 aromatic rings. The van der Waals surface area contributed by atoms with Gasteiger partial charge >= 0.3 is 5.97 Å². The zero-order valence-electron chi connectivity index (χ0n) is 13.7. The van der Waals surface area contributed by atoms with Crippen molar-refractivity contribution in [2.75, 3.05) is 0 Å². The Morgan fingerprint density at radius 3 is 2.70 bits per heavy atom. The first kappa shape index (κ1) is 15.5. The second-order valence-electron chi connectivity index (χ2n) is 6.75. The summed E-state index contributed by atoms with van der Waals surface area (Å²) in [6.45, 7) is 5.52. The average Bonchev–Trinajstić information content (AvgIpc) is 3.22. The third-order valence-electron chi connectivity index (χ3n) is 3.41. The first-order valence-electron chi connectivity index (χ1n) is 7.83. The Kier molecular flexibility index (Phi) is 4.03. The van der Waals surface area contributed by atoms with Gasteiger partial charge in [0, 0.05) is 24.0 Å². The van der Waals surface area contributed by atoms with Gasteiger partial charge in [0.05, 0.1) is 17.4 Å². The minimum Gasteiger partial charge on any atom is -0.457 e. The number of pyridine rings is 1. The summed E-state index contributed by atoms with van der Waals surface area (Å²) in [5.41, 5.74) is 2.12. The number of hydrogen-bond donors (Lipinski definition) is 0. The molecule has 23 heavy (non-hydrogen) atoms. The van der Waals surface area contributed by atoms with Crippen LogP contribution in [0.15, 0.2) is 36.7 Å². The van der Waals surface area contributed by atoms with E-state index >= 15 is 0 Å². The monoisotopic (exact) mass is 311 g/mol. The van der Waals surface area contributed by atoms with Gasteiger partial charge in [0.25, 0.3) is 0 Å². The molecule has 0 amide bonds. The van der Waals surface area contributed by atoms with E-state index < -0.39 is 5.60 Å². The Morgan fingerprint density at radius 2 is 2.09 bits per heavy atom. The molecule has 120 valence electrons. The van der Waals surface area contributed by atoms with E-state index in [1.165, 1.54) is 18.9 Å². The molecule has 0 spiro atoms. The Morgan fingerprint density at radius 1 is 1.30 bits per heavy atom. The summed E-state index contributed by atoms with van der Waals surface area (Å²) in [7, 11) is 0. The Labute approximate surface area is 136 Å². The van der Waals surface area contributed by atoms with Gasteiger partial charge in [-0.15, -0.1) is 0 Å². The molecular weight excluding hydrogens is 290 g/mol. The Hall–Kier alpha value is -2.43. The molecule has 0 N–H and O–H groups in total. The predicted molar refractivity (Wildman–Crippen MR) is 88.6 cm³/mol. The fourth-order valence-electron chi connectivity index (χ4n) is 2.18. The fourth-order valence-corrected chi connectivity index (χ4v) is 2.18. The zero-order chi connectivity index (χ0) is 16.4. The Bertz CT molecular complexity index is 719. The van der Waals surface area contributed by atoms with Gasteiger partial charge in [-0.3, -0.25) is 9.67 Å². The topological polar surface area (TPSA) is 57.0 Å². The van der Waals surface area contributed by atoms with Gasteiger partial charge in [0.2, 0.25) is 0 Å².